The minimum Gasteiger partial charge on any atom is -0.276 e. The van der Waals surface area contributed by atoms with Crippen LogP contribution in [0.5, 0.6) is 0 Å². The van der Waals surface area contributed by atoms with Crippen LogP contribution in [0.15, 0.2) is 18.7 Å². The molecule has 0 bridgehead atoms. The monoisotopic (exact) mass is 303 g/mol. The van der Waals surface area contributed by atoms with Crippen molar-refractivity contribution in [2.24, 2.45) is 7.05 Å². The summed E-state index contributed by atoms with van der Waals surface area (Å²) in [4.78, 5) is 4.05. The van der Waals surface area contributed by atoms with Gasteiger partial charge in [-0.2, -0.15) is 5.10 Å². The Hall–Kier alpha value is -0.920. The van der Waals surface area contributed by atoms with E-state index in [0.29, 0.717) is 0 Å². The zero-order valence-corrected chi connectivity index (χ0v) is 9.92. The van der Waals surface area contributed by atoms with Gasteiger partial charge in [-0.3, -0.25) is 9.36 Å². The molecule has 0 spiro atoms. The Kier molecular flexibility index (Phi) is 2.80. The molecule has 74 valence electrons. The van der Waals surface area contributed by atoms with E-state index in [9.17, 15) is 0 Å². The molecule has 0 amide bonds. The van der Waals surface area contributed by atoms with Gasteiger partial charge < -0.3 is 0 Å². The largest absolute Gasteiger partial charge is 0.276 e. The first-order chi connectivity index (χ1) is 6.74. The lowest BCUT2D eigenvalue weighted by atomic mass is 10.2. The summed E-state index contributed by atoms with van der Waals surface area (Å²) in [6.45, 7) is 0.849. The molecule has 0 aliphatic rings. The van der Waals surface area contributed by atoms with E-state index in [4.69, 9.17) is 0 Å². The maximum Gasteiger partial charge on any atom is 0.211 e. The Morgan fingerprint density at radius 1 is 1.50 bits per heavy atom. The highest BCUT2D eigenvalue weighted by Gasteiger charge is 1.99. The molecular weight excluding hydrogens is 293 g/mol. The zero-order valence-electron chi connectivity index (χ0n) is 7.76. The SMILES string of the molecule is Cn1cc(CCn2cnc(I)n2)cn1. The normalized spacial score (nSPS) is 10.7. The Morgan fingerprint density at radius 3 is 2.93 bits per heavy atom. The predicted octanol–water partition coefficient (Wildman–Crippen LogP) is 0.859. The van der Waals surface area contributed by atoms with E-state index in [-0.39, 0.29) is 0 Å². The number of hydrogen-bond acceptors (Lipinski definition) is 3. The third-order valence-electron chi connectivity index (χ3n) is 1.90. The van der Waals surface area contributed by atoms with Crippen LogP contribution in [0.1, 0.15) is 5.56 Å². The number of aryl methyl sites for hydroxylation is 3. The highest BCUT2D eigenvalue weighted by molar-refractivity contribution is 14.1. The Morgan fingerprint density at radius 2 is 2.36 bits per heavy atom. The molecule has 0 atom stereocenters. The summed E-state index contributed by atoms with van der Waals surface area (Å²) in [6, 6.07) is 0. The van der Waals surface area contributed by atoms with Crippen LogP contribution < -0.4 is 0 Å². The van der Waals surface area contributed by atoms with Crippen molar-refractivity contribution in [3.63, 3.8) is 0 Å². The van der Waals surface area contributed by atoms with E-state index < -0.39 is 0 Å². The van der Waals surface area contributed by atoms with Gasteiger partial charge in [0.15, 0.2) is 0 Å². The molecule has 14 heavy (non-hydrogen) atoms. The number of hydrogen-bond donors (Lipinski definition) is 0. The fourth-order valence-corrected chi connectivity index (χ4v) is 1.63. The number of rotatable bonds is 3. The molecule has 0 fully saturated rings. The average molecular weight is 303 g/mol. The number of halogens is 1. The van der Waals surface area contributed by atoms with Gasteiger partial charge in [-0.25, -0.2) is 4.98 Å². The molecule has 0 saturated carbocycles. The lowest BCUT2D eigenvalue weighted by Gasteiger charge is -1.96. The number of aromatic nitrogens is 5. The molecule has 6 heteroatoms. The summed E-state index contributed by atoms with van der Waals surface area (Å²) in [5.74, 6) is 0. The smallest absolute Gasteiger partial charge is 0.211 e. The van der Waals surface area contributed by atoms with Crippen molar-refractivity contribution >= 4 is 22.6 Å². The zero-order chi connectivity index (χ0) is 9.97. The van der Waals surface area contributed by atoms with Crippen molar-refractivity contribution in [2.45, 2.75) is 13.0 Å². The topological polar surface area (TPSA) is 48.5 Å². The van der Waals surface area contributed by atoms with Crippen LogP contribution in [-0.2, 0) is 20.0 Å². The Balaban J connectivity index is 1.94. The van der Waals surface area contributed by atoms with E-state index in [1.807, 2.05) is 24.1 Å². The standard InChI is InChI=1S/C8H10IN5/c1-13-5-7(4-11-13)2-3-14-6-10-8(9)12-14/h4-6H,2-3H2,1H3. The van der Waals surface area contributed by atoms with Crippen LogP contribution in [0.4, 0.5) is 0 Å². The Labute approximate surface area is 95.3 Å². The van der Waals surface area contributed by atoms with E-state index in [1.54, 1.807) is 11.0 Å². The van der Waals surface area contributed by atoms with Crippen molar-refractivity contribution in [2.75, 3.05) is 0 Å². The highest BCUT2D eigenvalue weighted by atomic mass is 127. The first-order valence-electron chi connectivity index (χ1n) is 4.26. The van der Waals surface area contributed by atoms with Gasteiger partial charge in [-0.05, 0) is 12.0 Å². The molecule has 0 N–H and O–H groups in total. The van der Waals surface area contributed by atoms with Crippen molar-refractivity contribution in [1.29, 1.82) is 0 Å². The summed E-state index contributed by atoms with van der Waals surface area (Å²) < 4.78 is 4.43. The van der Waals surface area contributed by atoms with Gasteiger partial charge in [0, 0.05) is 42.4 Å². The summed E-state index contributed by atoms with van der Waals surface area (Å²) in [5, 5.41) is 8.30. The Bertz CT molecular complexity index is 379. The minimum absolute atomic E-state index is 0.786. The van der Waals surface area contributed by atoms with Crippen LogP contribution in [0, 0.1) is 3.83 Å². The summed E-state index contributed by atoms with van der Waals surface area (Å²) in [6.07, 6.45) is 6.58. The molecule has 0 aliphatic heterocycles. The van der Waals surface area contributed by atoms with Crippen molar-refractivity contribution in [3.8, 4) is 0 Å². The van der Waals surface area contributed by atoms with Gasteiger partial charge >= 0.3 is 0 Å². The van der Waals surface area contributed by atoms with E-state index in [0.717, 1.165) is 16.8 Å². The van der Waals surface area contributed by atoms with E-state index >= 15 is 0 Å². The van der Waals surface area contributed by atoms with Crippen LogP contribution in [0.25, 0.3) is 0 Å². The molecule has 2 aromatic heterocycles. The molecule has 0 aromatic carbocycles. The lowest BCUT2D eigenvalue weighted by Crippen LogP contribution is -2.01. The average Bonchev–Trinajstić information content (AvgIpc) is 2.72. The first-order valence-corrected chi connectivity index (χ1v) is 5.34. The van der Waals surface area contributed by atoms with Crippen LogP contribution >= 0.6 is 22.6 Å². The molecule has 0 aliphatic carbocycles. The molecule has 2 heterocycles. The third-order valence-corrected chi connectivity index (χ3v) is 2.39. The fourth-order valence-electron chi connectivity index (χ4n) is 1.22. The van der Waals surface area contributed by atoms with Crippen molar-refractivity contribution < 1.29 is 0 Å². The molecule has 5 nitrogen and oxygen atoms in total. The van der Waals surface area contributed by atoms with Gasteiger partial charge in [-0.1, -0.05) is 0 Å². The maximum atomic E-state index is 4.20. The van der Waals surface area contributed by atoms with Gasteiger partial charge in [0.1, 0.15) is 6.33 Å². The quantitative estimate of drug-likeness (QED) is 0.790. The second-order valence-corrected chi connectivity index (χ2v) is 4.01. The van der Waals surface area contributed by atoms with E-state index in [1.165, 1.54) is 5.56 Å². The van der Waals surface area contributed by atoms with Crippen molar-refractivity contribution in [1.82, 2.24) is 24.5 Å². The lowest BCUT2D eigenvalue weighted by molar-refractivity contribution is 0.609. The van der Waals surface area contributed by atoms with E-state index in [2.05, 4.69) is 37.8 Å². The van der Waals surface area contributed by atoms with Gasteiger partial charge in [0.05, 0.1) is 6.20 Å². The third kappa shape index (κ3) is 2.31. The second kappa shape index (κ2) is 4.07. The van der Waals surface area contributed by atoms with Gasteiger partial charge in [0.2, 0.25) is 3.83 Å². The molecule has 2 rings (SSSR count). The summed E-state index contributed by atoms with van der Waals surface area (Å²) in [7, 11) is 1.92. The van der Waals surface area contributed by atoms with Crippen LogP contribution in [-0.4, -0.2) is 24.5 Å². The minimum atomic E-state index is 0.786. The highest BCUT2D eigenvalue weighted by Crippen LogP contribution is 2.00. The second-order valence-electron chi connectivity index (χ2n) is 3.05. The van der Waals surface area contributed by atoms with Crippen LogP contribution in [0.3, 0.4) is 0 Å². The van der Waals surface area contributed by atoms with Gasteiger partial charge in [-0.15, -0.1) is 5.10 Å². The van der Waals surface area contributed by atoms with Crippen molar-refractivity contribution in [3.05, 3.63) is 28.1 Å². The first kappa shape index (κ1) is 9.63. The molecule has 2 aromatic rings. The summed E-state index contributed by atoms with van der Waals surface area (Å²) >= 11 is 2.10. The molecule has 0 radical (unpaired) electrons. The summed E-state index contributed by atoms with van der Waals surface area (Å²) in [5.41, 5.74) is 1.22. The molecule has 0 saturated heterocycles. The maximum absolute atomic E-state index is 4.20. The fraction of sp³-hybridized carbons (Fsp3) is 0.375. The van der Waals surface area contributed by atoms with Crippen LogP contribution in [0.2, 0.25) is 0 Å². The van der Waals surface area contributed by atoms with Gasteiger partial charge in [0.25, 0.3) is 0 Å². The molecule has 0 unspecified atom stereocenters. The number of nitrogens with zero attached hydrogens (tertiary/aromatic N) is 5. The molecular formula is C8H10IN5. The predicted molar refractivity (Wildman–Crippen MR) is 59.7 cm³/mol.